The molecule has 0 spiro atoms. The predicted molar refractivity (Wildman–Crippen MR) is 72.6 cm³/mol. The van der Waals surface area contributed by atoms with Crippen LogP contribution in [0.3, 0.4) is 0 Å². The van der Waals surface area contributed by atoms with Gasteiger partial charge in [-0.15, -0.1) is 12.3 Å². The van der Waals surface area contributed by atoms with Crippen LogP contribution in [0.2, 0.25) is 0 Å². The summed E-state index contributed by atoms with van der Waals surface area (Å²) in [6, 6.07) is 10.8. The topological polar surface area (TPSA) is 26.0 Å². The number of rotatable bonds is 3. The van der Waals surface area contributed by atoms with Crippen molar-refractivity contribution in [1.29, 1.82) is 0 Å². The summed E-state index contributed by atoms with van der Waals surface area (Å²) < 4.78 is 0. The van der Waals surface area contributed by atoms with Crippen LogP contribution in [0.15, 0.2) is 30.3 Å². The van der Waals surface area contributed by atoms with E-state index in [0.717, 1.165) is 0 Å². The van der Waals surface area contributed by atoms with Crippen molar-refractivity contribution in [1.82, 2.24) is 0 Å². The van der Waals surface area contributed by atoms with Crippen LogP contribution in [0.25, 0.3) is 0 Å². The highest BCUT2D eigenvalue weighted by Crippen LogP contribution is 2.42. The maximum atomic E-state index is 6.38. The lowest BCUT2D eigenvalue weighted by Gasteiger charge is -2.42. The second-order valence-corrected chi connectivity index (χ2v) is 5.10. The van der Waals surface area contributed by atoms with Crippen LogP contribution < -0.4 is 5.73 Å². The van der Waals surface area contributed by atoms with E-state index in [2.05, 4.69) is 36.3 Å². The summed E-state index contributed by atoms with van der Waals surface area (Å²) in [7, 11) is 0. The average Bonchev–Trinajstić information content (AvgIpc) is 2.41. The molecule has 1 nitrogen and oxygen atoms in total. The Balaban J connectivity index is 2.33. The third-order valence-electron chi connectivity index (χ3n) is 4.14. The Labute approximate surface area is 104 Å². The zero-order chi connectivity index (χ0) is 12.1. The van der Waals surface area contributed by atoms with Crippen LogP contribution in [0, 0.1) is 12.3 Å². The van der Waals surface area contributed by atoms with Gasteiger partial charge in [0.2, 0.25) is 0 Å². The van der Waals surface area contributed by atoms with Crippen molar-refractivity contribution in [2.45, 2.75) is 50.0 Å². The minimum atomic E-state index is 0.0928. The fraction of sp³-hybridized carbons (Fsp3) is 0.500. The highest BCUT2D eigenvalue weighted by atomic mass is 14.7. The zero-order valence-electron chi connectivity index (χ0n) is 10.4. The van der Waals surface area contributed by atoms with E-state index in [1.807, 2.05) is 0 Å². The molecule has 90 valence electrons. The van der Waals surface area contributed by atoms with E-state index in [0.29, 0.717) is 6.42 Å². The van der Waals surface area contributed by atoms with Crippen molar-refractivity contribution in [3.8, 4) is 12.3 Å². The van der Waals surface area contributed by atoms with E-state index in [1.165, 1.54) is 37.7 Å². The van der Waals surface area contributed by atoms with Crippen molar-refractivity contribution < 1.29 is 0 Å². The first-order valence-corrected chi connectivity index (χ1v) is 6.54. The predicted octanol–water partition coefficient (Wildman–Crippen LogP) is 3.24. The largest absolute Gasteiger partial charge is 0.326 e. The van der Waals surface area contributed by atoms with Crippen molar-refractivity contribution in [2.24, 2.45) is 5.73 Å². The fourth-order valence-corrected chi connectivity index (χ4v) is 3.15. The number of hydrogen-bond acceptors (Lipinski definition) is 1. The summed E-state index contributed by atoms with van der Waals surface area (Å²) in [4.78, 5) is 0. The molecule has 0 amide bonds. The molecule has 1 aromatic rings. The first kappa shape index (κ1) is 12.2. The van der Waals surface area contributed by atoms with E-state index in [4.69, 9.17) is 12.2 Å². The zero-order valence-corrected chi connectivity index (χ0v) is 10.4. The number of hydrogen-bond donors (Lipinski definition) is 1. The van der Waals surface area contributed by atoms with Gasteiger partial charge in [-0.05, 0) is 18.4 Å². The summed E-state index contributed by atoms with van der Waals surface area (Å²) in [6.07, 6.45) is 12.4. The molecule has 0 saturated heterocycles. The third-order valence-corrected chi connectivity index (χ3v) is 4.14. The third kappa shape index (κ3) is 2.37. The summed E-state index contributed by atoms with van der Waals surface area (Å²) in [5.74, 6) is 2.73. The number of nitrogens with two attached hydrogens (primary N) is 1. The van der Waals surface area contributed by atoms with Gasteiger partial charge >= 0.3 is 0 Å². The van der Waals surface area contributed by atoms with E-state index in [9.17, 15) is 0 Å². The molecule has 2 rings (SSSR count). The Morgan fingerprint density at radius 2 is 1.82 bits per heavy atom. The van der Waals surface area contributed by atoms with Gasteiger partial charge in [0.15, 0.2) is 0 Å². The van der Waals surface area contributed by atoms with Crippen molar-refractivity contribution in [2.75, 3.05) is 0 Å². The van der Waals surface area contributed by atoms with Gasteiger partial charge in [-0.3, -0.25) is 0 Å². The molecular weight excluding hydrogens is 206 g/mol. The fourth-order valence-electron chi connectivity index (χ4n) is 3.15. The minimum Gasteiger partial charge on any atom is -0.326 e. The molecule has 1 heteroatoms. The lowest BCUT2D eigenvalue weighted by atomic mass is 9.64. The van der Waals surface area contributed by atoms with Gasteiger partial charge in [0.05, 0.1) is 0 Å². The minimum absolute atomic E-state index is 0.0928. The van der Waals surface area contributed by atoms with Crippen molar-refractivity contribution in [3.63, 3.8) is 0 Å². The van der Waals surface area contributed by atoms with Crippen LogP contribution in [0.4, 0.5) is 0 Å². The van der Waals surface area contributed by atoms with Crippen LogP contribution >= 0.6 is 0 Å². The van der Waals surface area contributed by atoms with Gasteiger partial charge in [-0.25, -0.2) is 0 Å². The SMILES string of the molecule is C#CCC(N)C1(c2ccccc2)CCCCC1. The Kier molecular flexibility index (Phi) is 3.86. The highest BCUT2D eigenvalue weighted by Gasteiger charge is 2.38. The lowest BCUT2D eigenvalue weighted by Crippen LogP contribution is -2.46. The van der Waals surface area contributed by atoms with E-state index in [1.54, 1.807) is 0 Å². The maximum absolute atomic E-state index is 6.38. The molecule has 1 atom stereocenters. The molecule has 0 bridgehead atoms. The van der Waals surface area contributed by atoms with Gasteiger partial charge in [0, 0.05) is 17.9 Å². The summed E-state index contributed by atoms with van der Waals surface area (Å²) in [5.41, 5.74) is 7.88. The molecule has 1 aromatic carbocycles. The molecule has 2 N–H and O–H groups in total. The molecule has 1 aliphatic rings. The molecule has 0 aliphatic heterocycles. The van der Waals surface area contributed by atoms with E-state index < -0.39 is 0 Å². The van der Waals surface area contributed by atoms with Gasteiger partial charge in [0.25, 0.3) is 0 Å². The standard InChI is InChI=1S/C16H21N/c1-2-9-15(17)16(12-7-4-8-13-16)14-10-5-3-6-11-14/h1,3,5-6,10-11,15H,4,7-9,12-13,17H2. The van der Waals surface area contributed by atoms with Crippen LogP contribution in [-0.4, -0.2) is 6.04 Å². The average molecular weight is 227 g/mol. The number of benzene rings is 1. The molecule has 1 fully saturated rings. The smallest absolute Gasteiger partial charge is 0.0247 e. The Morgan fingerprint density at radius 1 is 1.18 bits per heavy atom. The molecular formula is C16H21N. The summed E-state index contributed by atoms with van der Waals surface area (Å²) in [6.45, 7) is 0. The molecule has 0 aromatic heterocycles. The van der Waals surface area contributed by atoms with Crippen molar-refractivity contribution in [3.05, 3.63) is 35.9 Å². The second kappa shape index (κ2) is 5.38. The first-order valence-electron chi connectivity index (χ1n) is 6.54. The van der Waals surface area contributed by atoms with Crippen molar-refractivity contribution >= 4 is 0 Å². The maximum Gasteiger partial charge on any atom is 0.0247 e. The lowest BCUT2D eigenvalue weighted by molar-refractivity contribution is 0.244. The quantitative estimate of drug-likeness (QED) is 0.788. The molecule has 0 heterocycles. The highest BCUT2D eigenvalue weighted by molar-refractivity contribution is 5.29. The van der Waals surface area contributed by atoms with E-state index >= 15 is 0 Å². The van der Waals surface area contributed by atoms with Gasteiger partial charge in [-0.1, -0.05) is 49.6 Å². The number of terminal acetylenes is 1. The van der Waals surface area contributed by atoms with Crippen LogP contribution in [0.1, 0.15) is 44.1 Å². The van der Waals surface area contributed by atoms with E-state index in [-0.39, 0.29) is 11.5 Å². The molecule has 1 unspecified atom stereocenters. The van der Waals surface area contributed by atoms with Crippen LogP contribution in [0.5, 0.6) is 0 Å². The molecule has 1 aliphatic carbocycles. The second-order valence-electron chi connectivity index (χ2n) is 5.10. The Bertz CT molecular complexity index is 382. The summed E-state index contributed by atoms with van der Waals surface area (Å²) in [5, 5.41) is 0. The Hall–Kier alpha value is -1.26. The molecule has 1 saturated carbocycles. The van der Waals surface area contributed by atoms with Gasteiger partial charge in [0.1, 0.15) is 0 Å². The van der Waals surface area contributed by atoms with Crippen LogP contribution in [-0.2, 0) is 5.41 Å². The normalized spacial score (nSPS) is 20.5. The Morgan fingerprint density at radius 3 is 2.41 bits per heavy atom. The summed E-state index contributed by atoms with van der Waals surface area (Å²) >= 11 is 0. The van der Waals surface area contributed by atoms with Gasteiger partial charge in [-0.2, -0.15) is 0 Å². The van der Waals surface area contributed by atoms with Gasteiger partial charge < -0.3 is 5.73 Å². The molecule has 17 heavy (non-hydrogen) atoms. The monoisotopic (exact) mass is 227 g/mol. The molecule has 0 radical (unpaired) electrons. The first-order chi connectivity index (χ1) is 8.29.